The highest BCUT2D eigenvalue weighted by Gasteiger charge is 2.05. The summed E-state index contributed by atoms with van der Waals surface area (Å²) in [7, 11) is 0. The van der Waals surface area contributed by atoms with Crippen molar-refractivity contribution in [1.29, 1.82) is 0 Å². The number of hydrogen-bond donors (Lipinski definition) is 1. The molecule has 122 valence electrons. The van der Waals surface area contributed by atoms with Gasteiger partial charge in [0.2, 0.25) is 0 Å². The predicted molar refractivity (Wildman–Crippen MR) is 84.6 cm³/mol. The first-order valence-corrected chi connectivity index (χ1v) is 7.51. The number of nitrogens with one attached hydrogen (secondary N) is 1. The van der Waals surface area contributed by atoms with E-state index in [1.54, 1.807) is 24.3 Å². The molecule has 0 aromatic heterocycles. The number of benzene rings is 2. The zero-order valence-corrected chi connectivity index (χ0v) is 13.6. The van der Waals surface area contributed by atoms with Gasteiger partial charge in [0.1, 0.15) is 11.5 Å². The number of alkyl halides is 2. The minimum absolute atomic E-state index is 0.0775. The van der Waals surface area contributed by atoms with Gasteiger partial charge >= 0.3 is 6.61 Å². The SMILES string of the molecule is O=C(COc1ccc(Br)cc1)NCc1ccc(OC(F)F)cc1. The summed E-state index contributed by atoms with van der Waals surface area (Å²) in [6.07, 6.45) is 0. The Balaban J connectivity index is 1.74. The quantitative estimate of drug-likeness (QED) is 0.789. The maximum Gasteiger partial charge on any atom is 0.387 e. The van der Waals surface area contributed by atoms with E-state index in [-0.39, 0.29) is 24.8 Å². The Kier molecular flexibility index (Phi) is 6.34. The molecule has 0 radical (unpaired) electrons. The van der Waals surface area contributed by atoms with Gasteiger partial charge in [-0.2, -0.15) is 8.78 Å². The van der Waals surface area contributed by atoms with Gasteiger partial charge in [-0.3, -0.25) is 4.79 Å². The maximum atomic E-state index is 12.0. The van der Waals surface area contributed by atoms with Crippen molar-refractivity contribution in [2.24, 2.45) is 0 Å². The molecular weight excluding hydrogens is 372 g/mol. The lowest BCUT2D eigenvalue weighted by molar-refractivity contribution is -0.123. The topological polar surface area (TPSA) is 47.6 Å². The number of amides is 1. The Labute approximate surface area is 140 Å². The highest BCUT2D eigenvalue weighted by molar-refractivity contribution is 9.10. The molecule has 0 bridgehead atoms. The second-order valence-electron chi connectivity index (χ2n) is 4.54. The molecule has 1 amide bonds. The van der Waals surface area contributed by atoms with Crippen LogP contribution < -0.4 is 14.8 Å². The van der Waals surface area contributed by atoms with Crippen molar-refractivity contribution < 1.29 is 23.0 Å². The van der Waals surface area contributed by atoms with Crippen LogP contribution in [0.2, 0.25) is 0 Å². The minimum Gasteiger partial charge on any atom is -0.484 e. The highest BCUT2D eigenvalue weighted by atomic mass is 79.9. The number of halogens is 3. The average Bonchev–Trinajstić information content (AvgIpc) is 2.53. The smallest absolute Gasteiger partial charge is 0.387 e. The Bertz CT molecular complexity index is 633. The summed E-state index contributed by atoms with van der Waals surface area (Å²) in [5.74, 6) is 0.395. The highest BCUT2D eigenvalue weighted by Crippen LogP contribution is 2.16. The second kappa shape index (κ2) is 8.47. The van der Waals surface area contributed by atoms with Crippen LogP contribution in [0.3, 0.4) is 0 Å². The van der Waals surface area contributed by atoms with Crippen molar-refractivity contribution >= 4 is 21.8 Å². The molecule has 2 aromatic carbocycles. The second-order valence-corrected chi connectivity index (χ2v) is 5.46. The third kappa shape index (κ3) is 6.23. The van der Waals surface area contributed by atoms with E-state index in [0.717, 1.165) is 10.0 Å². The van der Waals surface area contributed by atoms with Crippen LogP contribution in [0.1, 0.15) is 5.56 Å². The number of carbonyl (C=O) groups excluding carboxylic acids is 1. The van der Waals surface area contributed by atoms with E-state index in [4.69, 9.17) is 4.74 Å². The van der Waals surface area contributed by atoms with Gasteiger partial charge in [-0.1, -0.05) is 28.1 Å². The molecule has 4 nitrogen and oxygen atoms in total. The van der Waals surface area contributed by atoms with E-state index in [0.29, 0.717) is 5.75 Å². The largest absolute Gasteiger partial charge is 0.484 e. The summed E-state index contributed by atoms with van der Waals surface area (Å²) in [4.78, 5) is 11.7. The first-order valence-electron chi connectivity index (χ1n) is 6.72. The summed E-state index contributed by atoms with van der Waals surface area (Å²) in [6.45, 7) is -2.68. The van der Waals surface area contributed by atoms with E-state index < -0.39 is 6.61 Å². The minimum atomic E-state index is -2.85. The van der Waals surface area contributed by atoms with Gasteiger partial charge in [-0.15, -0.1) is 0 Å². The molecule has 0 aliphatic carbocycles. The van der Waals surface area contributed by atoms with Crippen molar-refractivity contribution in [3.63, 3.8) is 0 Å². The average molecular weight is 386 g/mol. The van der Waals surface area contributed by atoms with Gasteiger partial charge < -0.3 is 14.8 Å². The fourth-order valence-electron chi connectivity index (χ4n) is 1.72. The van der Waals surface area contributed by atoms with Crippen molar-refractivity contribution in [3.8, 4) is 11.5 Å². The van der Waals surface area contributed by atoms with Crippen LogP contribution >= 0.6 is 15.9 Å². The lowest BCUT2D eigenvalue weighted by atomic mass is 10.2. The van der Waals surface area contributed by atoms with Gasteiger partial charge in [0.05, 0.1) is 0 Å². The third-order valence-corrected chi connectivity index (χ3v) is 3.35. The molecule has 0 aliphatic heterocycles. The number of ether oxygens (including phenoxy) is 2. The number of hydrogen-bond acceptors (Lipinski definition) is 3. The fourth-order valence-corrected chi connectivity index (χ4v) is 1.98. The van der Waals surface area contributed by atoms with Crippen LogP contribution in [-0.4, -0.2) is 19.1 Å². The first-order chi connectivity index (χ1) is 11.0. The third-order valence-electron chi connectivity index (χ3n) is 2.82. The van der Waals surface area contributed by atoms with Gasteiger partial charge in [-0.25, -0.2) is 0 Å². The Morgan fingerprint density at radius 3 is 2.26 bits per heavy atom. The molecule has 7 heteroatoms. The zero-order valence-electron chi connectivity index (χ0n) is 12.0. The fraction of sp³-hybridized carbons (Fsp3) is 0.188. The molecule has 0 saturated carbocycles. The van der Waals surface area contributed by atoms with Gasteiger partial charge in [0.25, 0.3) is 5.91 Å². The lowest BCUT2D eigenvalue weighted by Gasteiger charge is -2.08. The normalized spacial score (nSPS) is 10.4. The van der Waals surface area contributed by atoms with Crippen molar-refractivity contribution in [2.45, 2.75) is 13.2 Å². The summed E-state index contributed by atoms with van der Waals surface area (Å²) < 4.78 is 34.6. The Morgan fingerprint density at radius 2 is 1.65 bits per heavy atom. The van der Waals surface area contributed by atoms with Gasteiger partial charge in [0.15, 0.2) is 6.61 Å². The molecule has 0 unspecified atom stereocenters. The summed E-state index contributed by atoms with van der Waals surface area (Å²) in [5.41, 5.74) is 0.767. The molecule has 0 atom stereocenters. The molecular formula is C16H14BrF2NO3. The molecule has 2 rings (SSSR count). The zero-order chi connectivity index (χ0) is 16.7. The van der Waals surface area contributed by atoms with E-state index >= 15 is 0 Å². The lowest BCUT2D eigenvalue weighted by Crippen LogP contribution is -2.28. The van der Waals surface area contributed by atoms with Crippen molar-refractivity contribution in [3.05, 3.63) is 58.6 Å². The van der Waals surface area contributed by atoms with Crippen LogP contribution in [0.25, 0.3) is 0 Å². The van der Waals surface area contributed by atoms with E-state index in [9.17, 15) is 13.6 Å². The molecule has 0 aliphatic rings. The van der Waals surface area contributed by atoms with E-state index in [1.807, 2.05) is 12.1 Å². The monoisotopic (exact) mass is 385 g/mol. The molecule has 0 fully saturated rings. The van der Waals surface area contributed by atoms with E-state index in [2.05, 4.69) is 26.0 Å². The Hall–Kier alpha value is -2.15. The number of rotatable bonds is 7. The summed E-state index contributed by atoms with van der Waals surface area (Å²) >= 11 is 3.31. The van der Waals surface area contributed by atoms with Crippen molar-refractivity contribution in [1.82, 2.24) is 5.32 Å². The van der Waals surface area contributed by atoms with Gasteiger partial charge in [-0.05, 0) is 42.0 Å². The first kappa shape index (κ1) is 17.2. The van der Waals surface area contributed by atoms with Crippen LogP contribution in [0.4, 0.5) is 8.78 Å². The predicted octanol–water partition coefficient (Wildman–Crippen LogP) is 3.75. The van der Waals surface area contributed by atoms with Crippen LogP contribution in [-0.2, 0) is 11.3 Å². The molecule has 1 N–H and O–H groups in total. The summed E-state index contributed by atoms with van der Waals surface area (Å²) in [6, 6.07) is 13.2. The van der Waals surface area contributed by atoms with Gasteiger partial charge in [0, 0.05) is 11.0 Å². The maximum absolute atomic E-state index is 12.0. The standard InChI is InChI=1S/C16H14BrF2NO3/c17-12-3-7-13(8-4-12)22-10-15(21)20-9-11-1-5-14(6-2-11)23-16(18)19/h1-8,16H,9-10H2,(H,20,21). The number of carbonyl (C=O) groups is 1. The molecule has 0 heterocycles. The molecule has 0 spiro atoms. The summed E-state index contributed by atoms with van der Waals surface area (Å²) in [5, 5.41) is 2.68. The molecule has 0 saturated heterocycles. The van der Waals surface area contributed by atoms with Crippen LogP contribution in [0.5, 0.6) is 11.5 Å². The van der Waals surface area contributed by atoms with Crippen molar-refractivity contribution in [2.75, 3.05) is 6.61 Å². The van der Waals surface area contributed by atoms with Crippen LogP contribution in [0.15, 0.2) is 53.0 Å². The Morgan fingerprint density at radius 1 is 1.04 bits per heavy atom. The molecule has 2 aromatic rings. The van der Waals surface area contributed by atoms with Crippen LogP contribution in [0, 0.1) is 0 Å². The molecule has 23 heavy (non-hydrogen) atoms. The van der Waals surface area contributed by atoms with E-state index in [1.165, 1.54) is 12.1 Å².